The van der Waals surface area contributed by atoms with E-state index in [0.717, 1.165) is 26.2 Å². The summed E-state index contributed by atoms with van der Waals surface area (Å²) in [4.78, 5) is 11.7. The van der Waals surface area contributed by atoms with Crippen molar-refractivity contribution in [3.8, 4) is 5.75 Å². The Morgan fingerprint density at radius 2 is 2.00 bits per heavy atom. The van der Waals surface area contributed by atoms with Gasteiger partial charge in [0.2, 0.25) is 0 Å². The fourth-order valence-corrected chi connectivity index (χ4v) is 2.32. The summed E-state index contributed by atoms with van der Waals surface area (Å²) in [5, 5.41) is 3.83. The first-order chi connectivity index (χ1) is 10.5. The van der Waals surface area contributed by atoms with Gasteiger partial charge >= 0.3 is 0 Å². The summed E-state index contributed by atoms with van der Waals surface area (Å²) in [6, 6.07) is 7.60. The zero-order valence-corrected chi connectivity index (χ0v) is 14.8. The predicted octanol–water partition coefficient (Wildman–Crippen LogP) is 3.34. The van der Waals surface area contributed by atoms with Gasteiger partial charge in [0.25, 0.3) is 5.91 Å². The highest BCUT2D eigenvalue weighted by atomic mass is 127. The number of furan rings is 1. The van der Waals surface area contributed by atoms with Crippen LogP contribution >= 0.6 is 22.6 Å². The van der Waals surface area contributed by atoms with E-state index in [9.17, 15) is 4.79 Å². The Balaban J connectivity index is 1.88. The Kier molecular flexibility index (Phi) is 5.59. The molecule has 22 heavy (non-hydrogen) atoms. The van der Waals surface area contributed by atoms with Crippen LogP contribution in [-0.4, -0.2) is 18.7 Å². The van der Waals surface area contributed by atoms with E-state index in [-0.39, 0.29) is 12.5 Å². The zero-order chi connectivity index (χ0) is 16.1. The molecule has 0 saturated heterocycles. The van der Waals surface area contributed by atoms with E-state index >= 15 is 0 Å². The van der Waals surface area contributed by atoms with Gasteiger partial charge in [0.1, 0.15) is 11.5 Å². The first kappa shape index (κ1) is 16.5. The van der Waals surface area contributed by atoms with Crippen molar-refractivity contribution in [2.75, 3.05) is 6.61 Å². The molecule has 0 atom stereocenters. The molecule has 1 N–H and O–H groups in total. The molecule has 5 nitrogen and oxygen atoms in total. The average Bonchev–Trinajstić information content (AvgIpc) is 2.89. The molecule has 0 radical (unpaired) electrons. The van der Waals surface area contributed by atoms with E-state index in [1.165, 1.54) is 6.21 Å². The summed E-state index contributed by atoms with van der Waals surface area (Å²) in [6.45, 7) is 5.86. The number of hydrogen-bond donors (Lipinski definition) is 1. The second-order valence-corrected chi connectivity index (χ2v) is 5.94. The highest BCUT2D eigenvalue weighted by Gasteiger charge is 2.08. The molecule has 0 fully saturated rings. The number of rotatable bonds is 5. The number of nitrogens with one attached hydrogen (secondary N) is 1. The summed E-state index contributed by atoms with van der Waals surface area (Å²) in [6.07, 6.45) is 1.45. The SMILES string of the molecule is Cc1ccc(C)c(OCC(=O)NN=Cc2ccc(I)o2)c1C. The van der Waals surface area contributed by atoms with Crippen LogP contribution < -0.4 is 10.2 Å². The summed E-state index contributed by atoms with van der Waals surface area (Å²) < 4.78 is 11.7. The van der Waals surface area contributed by atoms with Crippen molar-refractivity contribution < 1.29 is 13.9 Å². The summed E-state index contributed by atoms with van der Waals surface area (Å²) in [5.74, 6) is 1.01. The summed E-state index contributed by atoms with van der Waals surface area (Å²) in [7, 11) is 0. The Morgan fingerprint density at radius 3 is 2.68 bits per heavy atom. The number of aryl methyl sites for hydroxylation is 2. The zero-order valence-electron chi connectivity index (χ0n) is 12.6. The number of amides is 1. The molecule has 0 aliphatic carbocycles. The van der Waals surface area contributed by atoms with Crippen LogP contribution in [0.1, 0.15) is 22.5 Å². The van der Waals surface area contributed by atoms with Gasteiger partial charge in [-0.25, -0.2) is 5.43 Å². The number of carbonyl (C=O) groups excluding carboxylic acids is 1. The van der Waals surface area contributed by atoms with E-state index in [2.05, 4.69) is 33.1 Å². The molecule has 1 amide bonds. The fourth-order valence-electron chi connectivity index (χ4n) is 1.88. The second-order valence-electron chi connectivity index (χ2n) is 4.88. The van der Waals surface area contributed by atoms with Gasteiger partial charge in [0, 0.05) is 0 Å². The third-order valence-electron chi connectivity index (χ3n) is 3.20. The fraction of sp³-hybridized carbons (Fsp3) is 0.250. The summed E-state index contributed by atoms with van der Waals surface area (Å²) >= 11 is 2.06. The van der Waals surface area contributed by atoms with Crippen LogP contribution in [0.3, 0.4) is 0 Å². The van der Waals surface area contributed by atoms with Crippen LogP contribution in [0, 0.1) is 24.5 Å². The van der Waals surface area contributed by atoms with Gasteiger partial charge in [-0.05, 0) is 72.2 Å². The van der Waals surface area contributed by atoms with E-state index in [0.29, 0.717) is 5.76 Å². The lowest BCUT2D eigenvalue weighted by Gasteiger charge is -2.13. The van der Waals surface area contributed by atoms with Crippen LogP contribution in [0.4, 0.5) is 0 Å². The number of hydrazone groups is 1. The molecule has 2 aromatic rings. The van der Waals surface area contributed by atoms with Crippen LogP contribution in [0.5, 0.6) is 5.75 Å². The highest BCUT2D eigenvalue weighted by molar-refractivity contribution is 14.1. The Labute approximate surface area is 142 Å². The lowest BCUT2D eigenvalue weighted by Crippen LogP contribution is -2.25. The molecular weight excluding hydrogens is 395 g/mol. The number of halogens is 1. The molecule has 1 heterocycles. The van der Waals surface area contributed by atoms with Crippen molar-refractivity contribution in [3.63, 3.8) is 0 Å². The lowest BCUT2D eigenvalue weighted by molar-refractivity contribution is -0.123. The van der Waals surface area contributed by atoms with Gasteiger partial charge in [-0.2, -0.15) is 5.10 Å². The van der Waals surface area contributed by atoms with Crippen LogP contribution in [0.25, 0.3) is 0 Å². The highest BCUT2D eigenvalue weighted by Crippen LogP contribution is 2.25. The molecule has 0 unspecified atom stereocenters. The number of carbonyl (C=O) groups is 1. The van der Waals surface area contributed by atoms with E-state index in [1.807, 2.05) is 39.0 Å². The van der Waals surface area contributed by atoms with Gasteiger partial charge in [-0.3, -0.25) is 4.79 Å². The lowest BCUT2D eigenvalue weighted by atomic mass is 10.1. The minimum absolute atomic E-state index is 0.0852. The molecule has 0 saturated carbocycles. The number of ether oxygens (including phenoxy) is 1. The number of nitrogens with zero attached hydrogens (tertiary/aromatic N) is 1. The van der Waals surface area contributed by atoms with Crippen molar-refractivity contribution in [3.05, 3.63) is 50.5 Å². The minimum atomic E-state index is -0.321. The van der Waals surface area contributed by atoms with Gasteiger partial charge in [-0.15, -0.1) is 0 Å². The topological polar surface area (TPSA) is 63.8 Å². The molecule has 0 aliphatic heterocycles. The predicted molar refractivity (Wildman–Crippen MR) is 93.3 cm³/mol. The first-order valence-electron chi connectivity index (χ1n) is 6.74. The van der Waals surface area contributed by atoms with Crippen LogP contribution in [0.15, 0.2) is 33.8 Å². The third kappa shape index (κ3) is 4.33. The average molecular weight is 412 g/mol. The van der Waals surface area contributed by atoms with E-state index < -0.39 is 0 Å². The minimum Gasteiger partial charge on any atom is -0.483 e. The Hall–Kier alpha value is -1.83. The molecule has 0 aliphatic rings. The standard InChI is InChI=1S/C16H17IN2O3/c1-10-4-5-11(2)16(12(10)3)21-9-15(20)19-18-8-13-6-7-14(17)22-13/h4-8H,9H2,1-3H3,(H,19,20). The third-order valence-corrected chi connectivity index (χ3v) is 3.78. The maximum Gasteiger partial charge on any atom is 0.277 e. The van der Waals surface area contributed by atoms with E-state index in [4.69, 9.17) is 9.15 Å². The summed E-state index contributed by atoms with van der Waals surface area (Å²) in [5.41, 5.74) is 5.59. The Morgan fingerprint density at radius 1 is 1.27 bits per heavy atom. The molecule has 1 aromatic heterocycles. The van der Waals surface area contributed by atoms with Gasteiger partial charge in [0.15, 0.2) is 10.4 Å². The van der Waals surface area contributed by atoms with E-state index in [1.54, 1.807) is 6.07 Å². The second kappa shape index (κ2) is 7.44. The quantitative estimate of drug-likeness (QED) is 0.466. The molecule has 0 spiro atoms. The first-order valence-corrected chi connectivity index (χ1v) is 7.82. The van der Waals surface area contributed by atoms with Gasteiger partial charge in [-0.1, -0.05) is 12.1 Å². The maximum absolute atomic E-state index is 11.7. The van der Waals surface area contributed by atoms with Gasteiger partial charge < -0.3 is 9.15 Å². The smallest absolute Gasteiger partial charge is 0.277 e. The number of hydrogen-bond acceptors (Lipinski definition) is 4. The van der Waals surface area contributed by atoms with Crippen molar-refractivity contribution >= 4 is 34.7 Å². The molecule has 1 aromatic carbocycles. The number of benzene rings is 1. The van der Waals surface area contributed by atoms with Crippen molar-refractivity contribution in [1.29, 1.82) is 0 Å². The molecule has 116 valence electrons. The molecule has 2 rings (SSSR count). The molecule has 6 heteroatoms. The Bertz CT molecular complexity index is 707. The molecular formula is C16H17IN2O3. The van der Waals surface area contributed by atoms with Crippen LogP contribution in [-0.2, 0) is 4.79 Å². The largest absolute Gasteiger partial charge is 0.483 e. The normalized spacial score (nSPS) is 10.9. The van der Waals surface area contributed by atoms with Crippen molar-refractivity contribution in [2.24, 2.45) is 5.10 Å². The van der Waals surface area contributed by atoms with Gasteiger partial charge in [0.05, 0.1) is 6.21 Å². The monoisotopic (exact) mass is 412 g/mol. The maximum atomic E-state index is 11.7. The van der Waals surface area contributed by atoms with Crippen molar-refractivity contribution in [1.82, 2.24) is 5.43 Å². The molecule has 0 bridgehead atoms. The van der Waals surface area contributed by atoms with Crippen molar-refractivity contribution in [2.45, 2.75) is 20.8 Å². The van der Waals surface area contributed by atoms with Crippen LogP contribution in [0.2, 0.25) is 0 Å².